The fourth-order valence-corrected chi connectivity index (χ4v) is 2.25. The van der Waals surface area contributed by atoms with Crippen LogP contribution in [0.15, 0.2) is 18.2 Å². The van der Waals surface area contributed by atoms with E-state index in [4.69, 9.17) is 5.11 Å². The first kappa shape index (κ1) is 15.2. The molecule has 0 aliphatic carbocycles. The third-order valence-electron chi connectivity index (χ3n) is 2.74. The molecule has 0 atom stereocenters. The molecule has 1 amide bonds. The van der Waals surface area contributed by atoms with E-state index in [0.717, 1.165) is 22.7 Å². The lowest BCUT2D eigenvalue weighted by Gasteiger charge is -2.07. The van der Waals surface area contributed by atoms with Crippen LogP contribution in [0.4, 0.5) is 5.69 Å². The fraction of sp³-hybridized carbons (Fsp3) is 0.267. The van der Waals surface area contributed by atoms with Crippen LogP contribution >= 0.6 is 11.5 Å². The van der Waals surface area contributed by atoms with Crippen molar-refractivity contribution in [2.24, 2.45) is 0 Å². The van der Waals surface area contributed by atoms with E-state index < -0.39 is 0 Å². The Labute approximate surface area is 127 Å². The number of hydrogen-bond acceptors (Lipinski definition) is 5. The second-order valence-corrected chi connectivity index (χ2v) is 5.22. The number of nitrogens with one attached hydrogen (secondary N) is 1. The molecule has 2 N–H and O–H groups in total. The van der Waals surface area contributed by atoms with E-state index in [-0.39, 0.29) is 12.5 Å². The van der Waals surface area contributed by atoms with Gasteiger partial charge in [-0.05, 0) is 43.1 Å². The summed E-state index contributed by atoms with van der Waals surface area (Å²) in [6.07, 6.45) is 0.402. The van der Waals surface area contributed by atoms with Gasteiger partial charge in [-0.2, -0.15) is 0 Å². The Kier molecular flexibility index (Phi) is 5.04. The monoisotopic (exact) mass is 301 g/mol. The molecule has 0 bridgehead atoms. The standard InChI is InChI=1S/C15H15N3O2S/c1-10-6-7-13(12(9-10)5-3-4-8-19)16-15(20)14-11(2)17-18-21-14/h6-7,9,19H,4,8H2,1-2H3,(H,16,20). The largest absolute Gasteiger partial charge is 0.395 e. The number of carbonyl (C=O) groups excluding carboxylic acids is 1. The summed E-state index contributed by atoms with van der Waals surface area (Å²) < 4.78 is 3.76. The van der Waals surface area contributed by atoms with Gasteiger partial charge in [-0.25, -0.2) is 0 Å². The van der Waals surface area contributed by atoms with Crippen molar-refractivity contribution in [3.05, 3.63) is 39.9 Å². The molecule has 0 unspecified atom stereocenters. The number of anilines is 1. The summed E-state index contributed by atoms with van der Waals surface area (Å²) in [5, 5.41) is 15.4. The van der Waals surface area contributed by atoms with E-state index in [9.17, 15) is 4.79 Å². The SMILES string of the molecule is Cc1ccc(NC(=O)c2snnc2C)c(C#CCCO)c1. The van der Waals surface area contributed by atoms with Gasteiger partial charge in [0.25, 0.3) is 5.91 Å². The van der Waals surface area contributed by atoms with Gasteiger partial charge in [-0.15, -0.1) is 5.10 Å². The maximum absolute atomic E-state index is 12.2. The quantitative estimate of drug-likeness (QED) is 0.852. The molecule has 0 saturated heterocycles. The molecule has 0 aliphatic rings. The maximum Gasteiger partial charge on any atom is 0.269 e. The number of aliphatic hydroxyl groups excluding tert-OH is 1. The summed E-state index contributed by atoms with van der Waals surface area (Å²) in [7, 11) is 0. The molecule has 108 valence electrons. The fourth-order valence-electron chi connectivity index (χ4n) is 1.70. The minimum Gasteiger partial charge on any atom is -0.395 e. The molecule has 2 rings (SSSR count). The number of rotatable bonds is 3. The van der Waals surface area contributed by atoms with Gasteiger partial charge < -0.3 is 10.4 Å². The van der Waals surface area contributed by atoms with Crippen molar-refractivity contribution >= 4 is 23.1 Å². The molecule has 1 heterocycles. The Morgan fingerprint density at radius 2 is 2.24 bits per heavy atom. The number of carbonyl (C=O) groups is 1. The van der Waals surface area contributed by atoms with E-state index in [1.807, 2.05) is 25.1 Å². The first-order valence-electron chi connectivity index (χ1n) is 6.42. The molecule has 1 aromatic heterocycles. The highest BCUT2D eigenvalue weighted by atomic mass is 32.1. The lowest BCUT2D eigenvalue weighted by Crippen LogP contribution is -2.12. The lowest BCUT2D eigenvalue weighted by molar-refractivity contribution is 0.103. The summed E-state index contributed by atoms with van der Waals surface area (Å²) in [6, 6.07) is 5.63. The number of hydrogen-bond donors (Lipinski definition) is 2. The number of nitrogens with zero attached hydrogens (tertiary/aromatic N) is 2. The van der Waals surface area contributed by atoms with E-state index in [1.54, 1.807) is 6.92 Å². The van der Waals surface area contributed by atoms with Crippen molar-refractivity contribution in [2.75, 3.05) is 11.9 Å². The molecule has 6 heteroatoms. The van der Waals surface area contributed by atoms with Gasteiger partial charge in [0.2, 0.25) is 0 Å². The predicted molar refractivity (Wildman–Crippen MR) is 82.4 cm³/mol. The van der Waals surface area contributed by atoms with Gasteiger partial charge in [-0.3, -0.25) is 4.79 Å². The van der Waals surface area contributed by atoms with Crippen LogP contribution in [0.5, 0.6) is 0 Å². The topological polar surface area (TPSA) is 75.1 Å². The molecule has 5 nitrogen and oxygen atoms in total. The Morgan fingerprint density at radius 1 is 1.43 bits per heavy atom. The van der Waals surface area contributed by atoms with Crippen LogP contribution in [-0.2, 0) is 0 Å². The Morgan fingerprint density at radius 3 is 2.90 bits per heavy atom. The summed E-state index contributed by atoms with van der Waals surface area (Å²) >= 11 is 1.07. The smallest absolute Gasteiger partial charge is 0.269 e. The zero-order valence-corrected chi connectivity index (χ0v) is 12.6. The molecule has 2 aromatic rings. The van der Waals surface area contributed by atoms with Gasteiger partial charge in [0, 0.05) is 12.0 Å². The molecule has 0 radical (unpaired) electrons. The average molecular weight is 301 g/mol. The van der Waals surface area contributed by atoms with Gasteiger partial charge in [-0.1, -0.05) is 22.4 Å². The maximum atomic E-state index is 12.2. The predicted octanol–water partition coefficient (Wildman–Crippen LogP) is 2.14. The van der Waals surface area contributed by atoms with E-state index >= 15 is 0 Å². The highest BCUT2D eigenvalue weighted by molar-refractivity contribution is 7.08. The Hall–Kier alpha value is -2.23. The number of benzene rings is 1. The first-order chi connectivity index (χ1) is 10.1. The highest BCUT2D eigenvalue weighted by Gasteiger charge is 2.14. The van der Waals surface area contributed by atoms with Crippen LogP contribution in [0.25, 0.3) is 0 Å². The molecule has 0 spiro atoms. The van der Waals surface area contributed by atoms with E-state index in [0.29, 0.717) is 22.7 Å². The minimum atomic E-state index is -0.239. The van der Waals surface area contributed by atoms with Crippen molar-refractivity contribution in [3.63, 3.8) is 0 Å². The van der Waals surface area contributed by atoms with Crippen LogP contribution in [0.3, 0.4) is 0 Å². The van der Waals surface area contributed by atoms with E-state index in [2.05, 4.69) is 26.7 Å². The second-order valence-electron chi connectivity index (χ2n) is 4.47. The lowest BCUT2D eigenvalue weighted by atomic mass is 10.1. The van der Waals surface area contributed by atoms with Crippen molar-refractivity contribution in [1.29, 1.82) is 0 Å². The number of amides is 1. The zero-order chi connectivity index (χ0) is 15.2. The summed E-state index contributed by atoms with van der Waals surface area (Å²) in [5.41, 5.74) is 3.03. The summed E-state index contributed by atoms with van der Waals surface area (Å²) in [6.45, 7) is 3.72. The van der Waals surface area contributed by atoms with Gasteiger partial charge in [0.15, 0.2) is 0 Å². The molecule has 0 saturated carbocycles. The van der Waals surface area contributed by atoms with Crippen LogP contribution in [0, 0.1) is 25.7 Å². The molecular weight excluding hydrogens is 286 g/mol. The van der Waals surface area contributed by atoms with Crippen molar-refractivity contribution in [1.82, 2.24) is 9.59 Å². The van der Waals surface area contributed by atoms with Crippen molar-refractivity contribution in [2.45, 2.75) is 20.3 Å². The number of aliphatic hydroxyl groups is 1. The third kappa shape index (κ3) is 3.88. The first-order valence-corrected chi connectivity index (χ1v) is 7.20. The van der Waals surface area contributed by atoms with Crippen LogP contribution < -0.4 is 5.32 Å². The van der Waals surface area contributed by atoms with E-state index in [1.165, 1.54) is 0 Å². The highest BCUT2D eigenvalue weighted by Crippen LogP contribution is 2.19. The van der Waals surface area contributed by atoms with Crippen molar-refractivity contribution < 1.29 is 9.90 Å². The normalized spacial score (nSPS) is 9.86. The van der Waals surface area contributed by atoms with Crippen LogP contribution in [0.2, 0.25) is 0 Å². The molecule has 0 fully saturated rings. The third-order valence-corrected chi connectivity index (χ3v) is 3.57. The average Bonchev–Trinajstić information content (AvgIpc) is 2.88. The number of aromatic nitrogens is 2. The van der Waals surface area contributed by atoms with Gasteiger partial charge >= 0.3 is 0 Å². The van der Waals surface area contributed by atoms with Crippen LogP contribution in [0.1, 0.15) is 32.9 Å². The zero-order valence-electron chi connectivity index (χ0n) is 11.8. The van der Waals surface area contributed by atoms with Crippen LogP contribution in [-0.4, -0.2) is 27.2 Å². The van der Waals surface area contributed by atoms with Gasteiger partial charge in [0.1, 0.15) is 4.88 Å². The Bertz CT molecular complexity index is 713. The molecule has 0 aliphatic heterocycles. The minimum absolute atomic E-state index is 0.0201. The Balaban J connectivity index is 2.26. The second kappa shape index (κ2) is 6.97. The van der Waals surface area contributed by atoms with Gasteiger partial charge in [0.05, 0.1) is 18.0 Å². The summed E-state index contributed by atoms with van der Waals surface area (Å²) in [4.78, 5) is 12.7. The molecule has 21 heavy (non-hydrogen) atoms. The molecule has 1 aromatic carbocycles. The molecular formula is C15H15N3O2S. The number of aryl methyl sites for hydroxylation is 2. The summed E-state index contributed by atoms with van der Waals surface area (Å²) in [5.74, 6) is 5.59. The van der Waals surface area contributed by atoms with Crippen molar-refractivity contribution in [3.8, 4) is 11.8 Å².